The van der Waals surface area contributed by atoms with E-state index >= 15 is 0 Å². The van der Waals surface area contributed by atoms with Crippen LogP contribution in [-0.4, -0.2) is 34.1 Å². The monoisotopic (exact) mass is 286 g/mol. The Labute approximate surface area is 123 Å². The van der Waals surface area contributed by atoms with Gasteiger partial charge < -0.3 is 15.3 Å². The van der Waals surface area contributed by atoms with Crippen molar-refractivity contribution < 1.29 is 14.7 Å². The Morgan fingerprint density at radius 2 is 2.00 bits per heavy atom. The van der Waals surface area contributed by atoms with Gasteiger partial charge in [0.05, 0.1) is 12.1 Å². The summed E-state index contributed by atoms with van der Waals surface area (Å²) in [5.41, 5.74) is 1.56. The molecule has 2 atom stereocenters. The molecule has 5 heteroatoms. The summed E-state index contributed by atoms with van der Waals surface area (Å²) in [6, 6.07) is 8.98. The smallest absolute Gasteiger partial charge is 0.405 e. The second-order valence-electron chi connectivity index (χ2n) is 5.62. The highest BCUT2D eigenvalue weighted by Crippen LogP contribution is 2.38. The predicted octanol–water partition coefficient (Wildman–Crippen LogP) is 2.31. The van der Waals surface area contributed by atoms with Gasteiger partial charge in [0, 0.05) is 11.6 Å². The van der Waals surface area contributed by atoms with E-state index in [1.807, 2.05) is 41.3 Å². The number of nitrogens with zero attached hydrogens (tertiary/aromatic N) is 1. The predicted molar refractivity (Wildman–Crippen MR) is 77.8 cm³/mol. The van der Waals surface area contributed by atoms with Crippen molar-refractivity contribution in [3.8, 4) is 0 Å². The van der Waals surface area contributed by atoms with Crippen LogP contribution in [0.4, 0.5) is 4.79 Å². The highest BCUT2D eigenvalue weighted by Gasteiger charge is 2.44. The van der Waals surface area contributed by atoms with E-state index in [9.17, 15) is 9.59 Å². The van der Waals surface area contributed by atoms with Crippen molar-refractivity contribution in [2.45, 2.75) is 37.9 Å². The minimum Gasteiger partial charge on any atom is -0.465 e. The van der Waals surface area contributed by atoms with E-state index in [-0.39, 0.29) is 18.0 Å². The van der Waals surface area contributed by atoms with Gasteiger partial charge in [-0.1, -0.05) is 36.4 Å². The molecule has 0 spiro atoms. The van der Waals surface area contributed by atoms with Crippen molar-refractivity contribution in [3.05, 3.63) is 47.5 Å². The third kappa shape index (κ3) is 2.63. The number of amides is 2. The average Bonchev–Trinajstić information content (AvgIpc) is 3.25. The first-order valence-electron chi connectivity index (χ1n) is 7.13. The second-order valence-corrected chi connectivity index (χ2v) is 5.62. The first-order chi connectivity index (χ1) is 10.1. The average molecular weight is 286 g/mol. The van der Waals surface area contributed by atoms with Crippen molar-refractivity contribution in [3.63, 3.8) is 0 Å². The van der Waals surface area contributed by atoms with Gasteiger partial charge in [-0.25, -0.2) is 4.79 Å². The molecule has 1 aliphatic carbocycles. The van der Waals surface area contributed by atoms with Crippen LogP contribution in [0.15, 0.2) is 42.0 Å². The molecule has 1 aromatic carbocycles. The molecule has 21 heavy (non-hydrogen) atoms. The van der Waals surface area contributed by atoms with Gasteiger partial charge >= 0.3 is 6.09 Å². The van der Waals surface area contributed by atoms with E-state index in [1.54, 1.807) is 6.92 Å². The number of benzene rings is 1. The Bertz CT molecular complexity index is 593. The number of hydrogen-bond donors (Lipinski definition) is 2. The zero-order valence-electron chi connectivity index (χ0n) is 11.8. The van der Waals surface area contributed by atoms with Gasteiger partial charge in [-0.2, -0.15) is 0 Å². The summed E-state index contributed by atoms with van der Waals surface area (Å²) in [5.74, 6) is 0.0237. The maximum Gasteiger partial charge on any atom is 0.405 e. The lowest BCUT2D eigenvalue weighted by Gasteiger charge is -2.31. The first kappa shape index (κ1) is 13.7. The van der Waals surface area contributed by atoms with E-state index in [0.29, 0.717) is 5.57 Å². The number of hydrogen-bond acceptors (Lipinski definition) is 2. The minimum absolute atomic E-state index is 0.0237. The van der Waals surface area contributed by atoms with Crippen molar-refractivity contribution in [1.82, 2.24) is 10.2 Å². The number of rotatable bonds is 4. The number of nitrogens with one attached hydrogen (secondary N) is 1. The molecule has 0 aromatic heterocycles. The van der Waals surface area contributed by atoms with Gasteiger partial charge in [0.2, 0.25) is 5.91 Å². The Morgan fingerprint density at radius 1 is 1.33 bits per heavy atom. The van der Waals surface area contributed by atoms with Crippen molar-refractivity contribution >= 4 is 12.0 Å². The highest BCUT2D eigenvalue weighted by atomic mass is 16.4. The molecule has 5 nitrogen and oxygen atoms in total. The van der Waals surface area contributed by atoms with Gasteiger partial charge in [-0.3, -0.25) is 4.79 Å². The van der Waals surface area contributed by atoms with Crippen LogP contribution in [0, 0.1) is 0 Å². The number of carboxylic acid groups (broad SMARTS) is 1. The van der Waals surface area contributed by atoms with Crippen LogP contribution in [0.2, 0.25) is 0 Å². The summed E-state index contributed by atoms with van der Waals surface area (Å²) in [7, 11) is 0. The lowest BCUT2D eigenvalue weighted by atomic mass is 9.98. The van der Waals surface area contributed by atoms with Gasteiger partial charge in [0.15, 0.2) is 0 Å². The van der Waals surface area contributed by atoms with E-state index in [2.05, 4.69) is 5.32 Å². The van der Waals surface area contributed by atoms with Crippen LogP contribution in [0.3, 0.4) is 0 Å². The largest absolute Gasteiger partial charge is 0.465 e. The Morgan fingerprint density at radius 3 is 2.57 bits per heavy atom. The topological polar surface area (TPSA) is 69.6 Å². The molecule has 1 heterocycles. The molecule has 0 bridgehead atoms. The quantitative estimate of drug-likeness (QED) is 0.892. The third-order valence-corrected chi connectivity index (χ3v) is 4.03. The van der Waals surface area contributed by atoms with Crippen molar-refractivity contribution in [2.24, 2.45) is 0 Å². The minimum atomic E-state index is -1.08. The van der Waals surface area contributed by atoms with Gasteiger partial charge in [0.25, 0.3) is 0 Å². The van der Waals surface area contributed by atoms with Crippen LogP contribution < -0.4 is 5.32 Å². The van der Waals surface area contributed by atoms with E-state index in [0.717, 1.165) is 18.4 Å². The number of carbonyl (C=O) groups is 2. The SMILES string of the molecule is CC1=CC(C(NC(=O)O)c2ccccc2)N(C2CC2)C1=O. The van der Waals surface area contributed by atoms with Crippen LogP contribution in [0.1, 0.15) is 31.4 Å². The van der Waals surface area contributed by atoms with E-state index in [4.69, 9.17) is 5.11 Å². The van der Waals surface area contributed by atoms with Gasteiger partial charge in [-0.05, 0) is 25.3 Å². The molecule has 1 fully saturated rings. The third-order valence-electron chi connectivity index (χ3n) is 4.03. The summed E-state index contributed by atoms with van der Waals surface area (Å²) in [5, 5.41) is 11.7. The fraction of sp³-hybridized carbons (Fsp3) is 0.375. The van der Waals surface area contributed by atoms with Gasteiger partial charge in [0.1, 0.15) is 0 Å². The maximum atomic E-state index is 12.3. The Hall–Kier alpha value is -2.30. The maximum absolute atomic E-state index is 12.3. The molecule has 2 amide bonds. The van der Waals surface area contributed by atoms with Crippen molar-refractivity contribution in [1.29, 1.82) is 0 Å². The molecule has 1 saturated carbocycles. The summed E-state index contributed by atoms with van der Waals surface area (Å²) in [6.45, 7) is 1.79. The molecule has 2 N–H and O–H groups in total. The van der Waals surface area contributed by atoms with Gasteiger partial charge in [-0.15, -0.1) is 0 Å². The number of carbonyl (C=O) groups excluding carboxylic acids is 1. The fourth-order valence-corrected chi connectivity index (χ4v) is 2.92. The lowest BCUT2D eigenvalue weighted by molar-refractivity contribution is -0.128. The summed E-state index contributed by atoms with van der Waals surface area (Å²) < 4.78 is 0. The summed E-state index contributed by atoms with van der Waals surface area (Å²) in [6.07, 6.45) is 2.80. The summed E-state index contributed by atoms with van der Waals surface area (Å²) in [4.78, 5) is 25.3. The first-order valence-corrected chi connectivity index (χ1v) is 7.13. The normalized spacial score (nSPS) is 22.9. The molecule has 1 aromatic rings. The molecule has 0 saturated heterocycles. The second kappa shape index (κ2) is 5.24. The Kier molecular flexibility index (Phi) is 3.41. The highest BCUT2D eigenvalue weighted by molar-refractivity contribution is 5.96. The van der Waals surface area contributed by atoms with Crippen LogP contribution >= 0.6 is 0 Å². The fourth-order valence-electron chi connectivity index (χ4n) is 2.92. The summed E-state index contributed by atoms with van der Waals surface area (Å²) >= 11 is 0. The van der Waals surface area contributed by atoms with Crippen LogP contribution in [-0.2, 0) is 4.79 Å². The molecule has 110 valence electrons. The molecular weight excluding hydrogens is 268 g/mol. The molecular formula is C16H18N2O3. The molecule has 3 rings (SSSR count). The molecule has 2 unspecified atom stereocenters. The van der Waals surface area contributed by atoms with E-state index in [1.165, 1.54) is 0 Å². The van der Waals surface area contributed by atoms with Crippen LogP contribution in [0.5, 0.6) is 0 Å². The van der Waals surface area contributed by atoms with Crippen LogP contribution in [0.25, 0.3) is 0 Å². The molecule has 0 radical (unpaired) electrons. The van der Waals surface area contributed by atoms with E-state index < -0.39 is 12.1 Å². The molecule has 1 aliphatic heterocycles. The molecule has 2 aliphatic rings. The zero-order valence-corrected chi connectivity index (χ0v) is 11.8. The van der Waals surface area contributed by atoms with Crippen molar-refractivity contribution in [2.75, 3.05) is 0 Å². The Balaban J connectivity index is 1.95. The zero-order chi connectivity index (χ0) is 15.0. The lowest BCUT2D eigenvalue weighted by Crippen LogP contribution is -2.45. The standard InChI is InChI=1S/C16H18N2O3/c1-10-9-13(18(15(10)19)12-7-8-12)14(17-16(20)21)11-5-3-2-4-6-11/h2-6,9,12-14,17H,7-8H2,1H3,(H,20,21).